The Balaban J connectivity index is 1.99. The number of halogens is 2. The first kappa shape index (κ1) is 16.0. The molecule has 112 valence electrons. The third-order valence-electron chi connectivity index (χ3n) is 3.59. The number of benzene rings is 2. The van der Waals surface area contributed by atoms with E-state index in [1.807, 2.05) is 12.1 Å². The van der Waals surface area contributed by atoms with Gasteiger partial charge in [-0.1, -0.05) is 55.8 Å². The average Bonchev–Trinajstić information content (AvgIpc) is 2.42. The molecule has 1 atom stereocenters. The van der Waals surface area contributed by atoms with Crippen molar-refractivity contribution in [2.24, 2.45) is 0 Å². The van der Waals surface area contributed by atoms with Crippen LogP contribution in [0.2, 0.25) is 5.02 Å². The minimum atomic E-state index is -0.530. The molecule has 0 aliphatic rings. The lowest BCUT2D eigenvalue weighted by atomic mass is 9.97. The molecule has 0 saturated carbocycles. The zero-order valence-electron chi connectivity index (χ0n) is 12.3. The Morgan fingerprint density at radius 1 is 1.05 bits per heavy atom. The Morgan fingerprint density at radius 3 is 2.29 bits per heavy atom. The summed E-state index contributed by atoms with van der Waals surface area (Å²) in [5.41, 5.74) is 3.14. The van der Waals surface area contributed by atoms with E-state index in [0.717, 1.165) is 11.1 Å². The highest BCUT2D eigenvalue weighted by molar-refractivity contribution is 6.31. The lowest BCUT2D eigenvalue weighted by Gasteiger charge is -2.13. The van der Waals surface area contributed by atoms with Gasteiger partial charge in [0.25, 0.3) is 0 Å². The summed E-state index contributed by atoms with van der Waals surface area (Å²) in [7, 11) is 0. The van der Waals surface area contributed by atoms with E-state index >= 15 is 0 Å². The summed E-state index contributed by atoms with van der Waals surface area (Å²) in [5, 5.41) is 10.5. The van der Waals surface area contributed by atoms with Crippen LogP contribution in [0.25, 0.3) is 0 Å². The predicted octanol–water partition coefficient (Wildman–Crippen LogP) is 4.75. The molecule has 1 nitrogen and oxygen atoms in total. The van der Waals surface area contributed by atoms with Crippen molar-refractivity contribution in [3.8, 4) is 0 Å². The van der Waals surface area contributed by atoms with Gasteiger partial charge in [-0.25, -0.2) is 4.39 Å². The van der Waals surface area contributed by atoms with Crippen molar-refractivity contribution in [3.63, 3.8) is 0 Å². The van der Waals surface area contributed by atoms with E-state index in [1.54, 1.807) is 6.07 Å². The molecule has 0 heterocycles. The maximum Gasteiger partial charge on any atom is 0.124 e. The maximum absolute atomic E-state index is 13.0. The van der Waals surface area contributed by atoms with Gasteiger partial charge in [0.2, 0.25) is 0 Å². The second-order valence-electron chi connectivity index (χ2n) is 5.69. The summed E-state index contributed by atoms with van der Waals surface area (Å²) in [6.45, 7) is 4.31. The monoisotopic (exact) mass is 306 g/mol. The van der Waals surface area contributed by atoms with Crippen LogP contribution in [0.5, 0.6) is 0 Å². The Morgan fingerprint density at radius 2 is 1.71 bits per heavy atom. The van der Waals surface area contributed by atoms with E-state index in [4.69, 9.17) is 11.6 Å². The fraction of sp³-hybridized carbons (Fsp3) is 0.333. The average molecular weight is 307 g/mol. The smallest absolute Gasteiger partial charge is 0.124 e. The molecular weight excluding hydrogens is 287 g/mol. The fourth-order valence-corrected chi connectivity index (χ4v) is 2.57. The highest BCUT2D eigenvalue weighted by atomic mass is 35.5. The van der Waals surface area contributed by atoms with E-state index in [0.29, 0.717) is 23.8 Å². The minimum absolute atomic E-state index is 0.359. The third-order valence-corrected chi connectivity index (χ3v) is 3.94. The van der Waals surface area contributed by atoms with E-state index in [2.05, 4.69) is 26.0 Å². The van der Waals surface area contributed by atoms with E-state index in [1.165, 1.54) is 17.7 Å². The number of hydrogen-bond donors (Lipinski definition) is 1. The molecule has 2 rings (SSSR count). The standard InChI is InChI=1S/C18H20ClFO/c1-12(2)14-5-3-13(4-6-14)9-17(21)10-15-7-8-16(20)11-18(15)19/h3-8,11-12,17,21H,9-10H2,1-2H3. The second-order valence-corrected chi connectivity index (χ2v) is 6.10. The van der Waals surface area contributed by atoms with Crippen molar-refractivity contribution in [1.82, 2.24) is 0 Å². The second kappa shape index (κ2) is 7.06. The SMILES string of the molecule is CC(C)c1ccc(CC(O)Cc2ccc(F)cc2Cl)cc1. The van der Waals surface area contributed by atoms with Crippen molar-refractivity contribution in [2.75, 3.05) is 0 Å². The Hall–Kier alpha value is -1.38. The zero-order valence-corrected chi connectivity index (χ0v) is 13.1. The predicted molar refractivity (Wildman–Crippen MR) is 85.4 cm³/mol. The molecule has 0 aliphatic carbocycles. The van der Waals surface area contributed by atoms with Gasteiger partial charge in [0.05, 0.1) is 6.10 Å². The van der Waals surface area contributed by atoms with Crippen LogP contribution in [-0.4, -0.2) is 11.2 Å². The van der Waals surface area contributed by atoms with Gasteiger partial charge in [0.1, 0.15) is 5.82 Å². The molecule has 21 heavy (non-hydrogen) atoms. The molecule has 1 N–H and O–H groups in total. The number of rotatable bonds is 5. The molecule has 0 spiro atoms. The fourth-order valence-electron chi connectivity index (χ4n) is 2.32. The largest absolute Gasteiger partial charge is 0.392 e. The number of aliphatic hydroxyl groups is 1. The topological polar surface area (TPSA) is 20.2 Å². The first-order valence-corrected chi connectivity index (χ1v) is 7.54. The molecule has 3 heteroatoms. The van der Waals surface area contributed by atoms with Crippen LogP contribution in [0.4, 0.5) is 4.39 Å². The van der Waals surface area contributed by atoms with Crippen LogP contribution < -0.4 is 0 Å². The van der Waals surface area contributed by atoms with E-state index in [9.17, 15) is 9.50 Å². The molecule has 0 aliphatic heterocycles. The maximum atomic E-state index is 13.0. The van der Waals surface area contributed by atoms with Gasteiger partial charge in [-0.15, -0.1) is 0 Å². The van der Waals surface area contributed by atoms with Gasteiger partial charge in [-0.3, -0.25) is 0 Å². The van der Waals surface area contributed by atoms with Crippen LogP contribution >= 0.6 is 11.6 Å². The molecular formula is C18H20ClFO. The molecule has 0 radical (unpaired) electrons. The summed E-state index contributed by atoms with van der Waals surface area (Å²) in [6.07, 6.45) is 0.454. The van der Waals surface area contributed by atoms with Crippen molar-refractivity contribution < 1.29 is 9.50 Å². The molecule has 0 saturated heterocycles. The van der Waals surface area contributed by atoms with Gasteiger partial charge >= 0.3 is 0 Å². The summed E-state index contributed by atoms with van der Waals surface area (Å²) in [5.74, 6) is 0.143. The summed E-state index contributed by atoms with van der Waals surface area (Å²) in [6, 6.07) is 12.6. The highest BCUT2D eigenvalue weighted by Gasteiger charge is 2.10. The van der Waals surface area contributed by atoms with Crippen LogP contribution in [-0.2, 0) is 12.8 Å². The van der Waals surface area contributed by atoms with Crippen LogP contribution in [0, 0.1) is 5.82 Å². The first-order valence-electron chi connectivity index (χ1n) is 7.16. The molecule has 1 unspecified atom stereocenters. The summed E-state index contributed by atoms with van der Waals surface area (Å²) < 4.78 is 13.0. The van der Waals surface area contributed by atoms with E-state index in [-0.39, 0.29) is 5.82 Å². The lowest BCUT2D eigenvalue weighted by molar-refractivity contribution is 0.175. The van der Waals surface area contributed by atoms with Crippen molar-refractivity contribution in [2.45, 2.75) is 38.7 Å². The van der Waals surface area contributed by atoms with E-state index < -0.39 is 6.10 Å². The molecule has 2 aromatic rings. The van der Waals surface area contributed by atoms with Crippen LogP contribution in [0.1, 0.15) is 36.5 Å². The summed E-state index contributed by atoms with van der Waals surface area (Å²) in [4.78, 5) is 0. The normalized spacial score (nSPS) is 12.7. The Labute approximate surface area is 130 Å². The Kier molecular flexibility index (Phi) is 5.38. The Bertz CT molecular complexity index is 593. The molecule has 0 aromatic heterocycles. The molecule has 0 fully saturated rings. The van der Waals surface area contributed by atoms with Gasteiger partial charge in [0, 0.05) is 11.4 Å². The van der Waals surface area contributed by atoms with Crippen LogP contribution in [0.3, 0.4) is 0 Å². The molecule has 0 bridgehead atoms. The lowest BCUT2D eigenvalue weighted by Crippen LogP contribution is -2.14. The van der Waals surface area contributed by atoms with Crippen molar-refractivity contribution in [1.29, 1.82) is 0 Å². The minimum Gasteiger partial charge on any atom is -0.392 e. The van der Waals surface area contributed by atoms with Crippen molar-refractivity contribution in [3.05, 3.63) is 70.0 Å². The van der Waals surface area contributed by atoms with Gasteiger partial charge in [-0.05, 0) is 41.2 Å². The molecule has 0 amide bonds. The number of aliphatic hydroxyl groups excluding tert-OH is 1. The summed E-state index contributed by atoms with van der Waals surface area (Å²) >= 11 is 5.98. The third kappa shape index (κ3) is 4.55. The quantitative estimate of drug-likeness (QED) is 0.845. The van der Waals surface area contributed by atoms with Crippen molar-refractivity contribution >= 4 is 11.6 Å². The first-order chi connectivity index (χ1) is 9.95. The van der Waals surface area contributed by atoms with Gasteiger partial charge in [0.15, 0.2) is 0 Å². The van der Waals surface area contributed by atoms with Gasteiger partial charge in [-0.2, -0.15) is 0 Å². The molecule has 2 aromatic carbocycles. The highest BCUT2D eigenvalue weighted by Crippen LogP contribution is 2.20. The van der Waals surface area contributed by atoms with Crippen LogP contribution in [0.15, 0.2) is 42.5 Å². The number of hydrogen-bond acceptors (Lipinski definition) is 1. The van der Waals surface area contributed by atoms with Gasteiger partial charge < -0.3 is 5.11 Å². The zero-order chi connectivity index (χ0) is 15.4.